The highest BCUT2D eigenvalue weighted by Gasteiger charge is 2.35. The summed E-state index contributed by atoms with van der Waals surface area (Å²) in [5, 5.41) is 13.5. The molecule has 1 amide bonds. The van der Waals surface area contributed by atoms with Crippen LogP contribution in [0.25, 0.3) is 0 Å². The van der Waals surface area contributed by atoms with Crippen LogP contribution in [-0.4, -0.2) is 24.3 Å². The lowest BCUT2D eigenvalue weighted by Gasteiger charge is -2.15. The van der Waals surface area contributed by atoms with Crippen LogP contribution in [0.15, 0.2) is 35.5 Å². The minimum Gasteiger partial charge on any atom is -0.380 e. The van der Waals surface area contributed by atoms with Crippen LogP contribution in [0.3, 0.4) is 0 Å². The maximum absolute atomic E-state index is 12.1. The molecule has 1 atom stereocenters. The molecule has 18 heavy (non-hydrogen) atoms. The summed E-state index contributed by atoms with van der Waals surface area (Å²) in [6.07, 6.45) is 0. The van der Waals surface area contributed by atoms with Crippen molar-refractivity contribution in [3.63, 3.8) is 0 Å². The van der Waals surface area contributed by atoms with Crippen molar-refractivity contribution in [3.8, 4) is 6.07 Å². The summed E-state index contributed by atoms with van der Waals surface area (Å²) in [7, 11) is 0. The van der Waals surface area contributed by atoms with Crippen LogP contribution < -0.4 is 10.4 Å². The number of anilines is 1. The summed E-state index contributed by atoms with van der Waals surface area (Å²) in [5.41, 5.74) is 3.98. The first-order valence-corrected chi connectivity index (χ1v) is 5.46. The Morgan fingerprint density at radius 2 is 2.22 bits per heavy atom. The zero-order valence-electron chi connectivity index (χ0n) is 9.83. The van der Waals surface area contributed by atoms with E-state index < -0.39 is 0 Å². The molecule has 2 rings (SSSR count). The average Bonchev–Trinajstić information content (AvgIpc) is 2.68. The Kier molecular flexibility index (Phi) is 3.55. The number of carbonyl (C=O) groups excluding carboxylic acids is 1. The van der Waals surface area contributed by atoms with E-state index in [0.717, 1.165) is 5.69 Å². The zero-order chi connectivity index (χ0) is 13.0. The van der Waals surface area contributed by atoms with E-state index in [1.165, 1.54) is 5.01 Å². The minimum absolute atomic E-state index is 0.172. The number of carbonyl (C=O) groups is 1. The van der Waals surface area contributed by atoms with Gasteiger partial charge in [0.2, 0.25) is 6.61 Å². The standard InChI is InChI=1S/C12H12N4O2/c1-9-11(15-18-8-7-13)12(17)16(14-9)10-5-3-2-4-6-10/h2-6,9,14H,8H2,1H3. The number of oxime groups is 1. The lowest BCUT2D eigenvalue weighted by Crippen LogP contribution is -2.36. The lowest BCUT2D eigenvalue weighted by atomic mass is 10.2. The van der Waals surface area contributed by atoms with E-state index in [4.69, 9.17) is 10.1 Å². The van der Waals surface area contributed by atoms with Crippen LogP contribution in [0.1, 0.15) is 6.92 Å². The Hall–Kier alpha value is -2.39. The summed E-state index contributed by atoms with van der Waals surface area (Å²) >= 11 is 0. The number of hydrazine groups is 1. The van der Waals surface area contributed by atoms with Crippen molar-refractivity contribution < 1.29 is 9.63 Å². The maximum Gasteiger partial charge on any atom is 0.292 e. The molecule has 0 aromatic heterocycles. The molecule has 1 N–H and O–H groups in total. The third kappa shape index (κ3) is 2.31. The van der Waals surface area contributed by atoms with Crippen LogP contribution in [0.4, 0.5) is 5.69 Å². The van der Waals surface area contributed by atoms with E-state index in [2.05, 4.69) is 10.6 Å². The number of nitriles is 1. The van der Waals surface area contributed by atoms with Crippen LogP contribution in [0.5, 0.6) is 0 Å². The number of hydrogen-bond acceptors (Lipinski definition) is 5. The topological polar surface area (TPSA) is 77.7 Å². The van der Waals surface area contributed by atoms with Crippen molar-refractivity contribution >= 4 is 17.3 Å². The molecule has 1 heterocycles. The largest absolute Gasteiger partial charge is 0.380 e. The fourth-order valence-electron chi connectivity index (χ4n) is 1.63. The van der Waals surface area contributed by atoms with Crippen molar-refractivity contribution in [2.75, 3.05) is 11.6 Å². The van der Waals surface area contributed by atoms with Crippen molar-refractivity contribution in [2.45, 2.75) is 13.0 Å². The van der Waals surface area contributed by atoms with Gasteiger partial charge in [0, 0.05) is 0 Å². The molecule has 6 nitrogen and oxygen atoms in total. The Morgan fingerprint density at radius 3 is 2.89 bits per heavy atom. The molecular formula is C12H12N4O2. The first-order chi connectivity index (χ1) is 8.74. The fourth-order valence-corrected chi connectivity index (χ4v) is 1.63. The third-order valence-electron chi connectivity index (χ3n) is 2.46. The number of para-hydroxylation sites is 1. The molecule has 92 valence electrons. The van der Waals surface area contributed by atoms with E-state index in [1.807, 2.05) is 30.3 Å². The molecule has 0 saturated carbocycles. The van der Waals surface area contributed by atoms with Crippen LogP contribution in [0, 0.1) is 11.3 Å². The van der Waals surface area contributed by atoms with Gasteiger partial charge in [-0.05, 0) is 19.1 Å². The second-order valence-electron chi connectivity index (χ2n) is 3.73. The predicted molar refractivity (Wildman–Crippen MR) is 65.5 cm³/mol. The van der Waals surface area contributed by atoms with Gasteiger partial charge < -0.3 is 4.84 Å². The fraction of sp³-hybridized carbons (Fsp3) is 0.250. The first kappa shape index (κ1) is 12.1. The Balaban J connectivity index is 2.17. The van der Waals surface area contributed by atoms with Crippen molar-refractivity contribution in [3.05, 3.63) is 30.3 Å². The summed E-state index contributed by atoms with van der Waals surface area (Å²) in [6, 6.07) is 10.7. The average molecular weight is 244 g/mol. The quantitative estimate of drug-likeness (QED) is 0.630. The van der Waals surface area contributed by atoms with E-state index in [-0.39, 0.29) is 24.3 Å². The van der Waals surface area contributed by atoms with Crippen molar-refractivity contribution in [2.24, 2.45) is 5.16 Å². The minimum atomic E-state index is -0.272. The van der Waals surface area contributed by atoms with Gasteiger partial charge in [0.25, 0.3) is 5.91 Å². The van der Waals surface area contributed by atoms with Gasteiger partial charge in [0.05, 0.1) is 11.7 Å². The van der Waals surface area contributed by atoms with Gasteiger partial charge in [-0.15, -0.1) is 0 Å². The number of benzene rings is 1. The summed E-state index contributed by atoms with van der Waals surface area (Å²) in [5.74, 6) is -0.272. The second-order valence-corrected chi connectivity index (χ2v) is 3.73. The molecule has 1 aromatic rings. The number of rotatable bonds is 3. The summed E-state index contributed by atoms with van der Waals surface area (Å²) < 4.78 is 0. The zero-order valence-corrected chi connectivity index (χ0v) is 9.83. The van der Waals surface area contributed by atoms with Crippen LogP contribution in [0.2, 0.25) is 0 Å². The Morgan fingerprint density at radius 1 is 1.50 bits per heavy atom. The van der Waals surface area contributed by atoms with Gasteiger partial charge in [-0.25, -0.2) is 10.4 Å². The molecule has 0 spiro atoms. The van der Waals surface area contributed by atoms with Gasteiger partial charge in [-0.3, -0.25) is 4.79 Å². The highest BCUT2D eigenvalue weighted by Crippen LogP contribution is 2.17. The molecule has 6 heteroatoms. The second kappa shape index (κ2) is 5.29. The third-order valence-corrected chi connectivity index (χ3v) is 2.46. The normalized spacial score (nSPS) is 21.1. The summed E-state index contributed by atoms with van der Waals surface area (Å²) in [4.78, 5) is 16.8. The first-order valence-electron chi connectivity index (χ1n) is 5.46. The van der Waals surface area contributed by atoms with E-state index in [0.29, 0.717) is 0 Å². The van der Waals surface area contributed by atoms with Crippen molar-refractivity contribution in [1.29, 1.82) is 5.26 Å². The highest BCUT2D eigenvalue weighted by atomic mass is 16.6. The number of hydrogen-bond donors (Lipinski definition) is 1. The molecule has 1 unspecified atom stereocenters. The van der Waals surface area contributed by atoms with Gasteiger partial charge in [0.15, 0.2) is 5.71 Å². The Labute approximate surface area is 104 Å². The molecule has 1 fully saturated rings. The smallest absolute Gasteiger partial charge is 0.292 e. The van der Waals surface area contributed by atoms with E-state index >= 15 is 0 Å². The number of amides is 1. The predicted octanol–water partition coefficient (Wildman–Crippen LogP) is 0.822. The monoisotopic (exact) mass is 244 g/mol. The van der Waals surface area contributed by atoms with E-state index in [1.54, 1.807) is 13.0 Å². The van der Waals surface area contributed by atoms with Gasteiger partial charge in [0.1, 0.15) is 6.07 Å². The van der Waals surface area contributed by atoms with Gasteiger partial charge in [-0.1, -0.05) is 23.4 Å². The van der Waals surface area contributed by atoms with E-state index in [9.17, 15) is 4.79 Å². The molecular weight excluding hydrogens is 232 g/mol. The number of nitrogens with one attached hydrogen (secondary N) is 1. The lowest BCUT2D eigenvalue weighted by molar-refractivity contribution is -0.112. The molecule has 0 radical (unpaired) electrons. The molecule has 0 bridgehead atoms. The van der Waals surface area contributed by atoms with Crippen molar-refractivity contribution in [1.82, 2.24) is 5.43 Å². The van der Waals surface area contributed by atoms with Gasteiger partial charge in [-0.2, -0.15) is 5.26 Å². The highest BCUT2D eigenvalue weighted by molar-refractivity contribution is 6.47. The molecule has 0 aliphatic carbocycles. The molecule has 1 saturated heterocycles. The van der Waals surface area contributed by atoms with Gasteiger partial charge >= 0.3 is 0 Å². The molecule has 1 aromatic carbocycles. The molecule has 1 aliphatic heterocycles. The van der Waals surface area contributed by atoms with Crippen LogP contribution in [-0.2, 0) is 9.63 Å². The SMILES string of the molecule is CC1NN(c2ccccc2)C(=O)C1=NOCC#N. The summed E-state index contributed by atoms with van der Waals surface area (Å²) in [6.45, 7) is 1.63. The molecule has 1 aliphatic rings. The van der Waals surface area contributed by atoms with Crippen LogP contribution >= 0.6 is 0 Å². The maximum atomic E-state index is 12.1. The Bertz CT molecular complexity index is 507. The number of nitrogens with zero attached hydrogens (tertiary/aromatic N) is 3.